The quantitative estimate of drug-likeness (QED) is 0.856. The highest BCUT2D eigenvalue weighted by atomic mass is 19.3. The van der Waals surface area contributed by atoms with Gasteiger partial charge in [-0.2, -0.15) is 8.78 Å². The van der Waals surface area contributed by atoms with Crippen molar-refractivity contribution in [2.24, 2.45) is 0 Å². The van der Waals surface area contributed by atoms with Crippen LogP contribution in [0, 0.1) is 6.92 Å². The van der Waals surface area contributed by atoms with Crippen LogP contribution < -0.4 is 15.4 Å². The van der Waals surface area contributed by atoms with E-state index in [1.807, 2.05) is 0 Å². The Morgan fingerprint density at radius 1 is 1.40 bits per heavy atom. The number of nitrogens with zero attached hydrogens (tertiary/aromatic N) is 3. The van der Waals surface area contributed by atoms with Crippen LogP contribution >= 0.6 is 0 Å². The molecule has 1 fully saturated rings. The summed E-state index contributed by atoms with van der Waals surface area (Å²) in [5.41, 5.74) is 1.42. The molecule has 0 saturated carbocycles. The van der Waals surface area contributed by atoms with Crippen molar-refractivity contribution in [2.75, 3.05) is 13.1 Å². The van der Waals surface area contributed by atoms with Gasteiger partial charge in [-0.3, -0.25) is 4.79 Å². The summed E-state index contributed by atoms with van der Waals surface area (Å²) in [5.74, 6) is -0.214. The first-order valence-corrected chi connectivity index (χ1v) is 8.03. The highest BCUT2D eigenvalue weighted by molar-refractivity contribution is 5.93. The summed E-state index contributed by atoms with van der Waals surface area (Å²) in [6.07, 6.45) is 1.95. The lowest BCUT2D eigenvalue weighted by molar-refractivity contribution is -0.0498. The van der Waals surface area contributed by atoms with E-state index >= 15 is 0 Å². The van der Waals surface area contributed by atoms with Gasteiger partial charge in [0.25, 0.3) is 5.91 Å². The topological polar surface area (TPSA) is 81.1 Å². The molecule has 0 aliphatic carbocycles. The Hall–Kier alpha value is -2.55. The molecule has 3 rings (SSSR count). The van der Waals surface area contributed by atoms with Crippen LogP contribution in [0.2, 0.25) is 0 Å². The smallest absolute Gasteiger partial charge is 0.387 e. The number of amides is 1. The number of piperidine rings is 1. The largest absolute Gasteiger partial charge is 0.435 e. The maximum Gasteiger partial charge on any atom is 0.387 e. The molecule has 1 aliphatic rings. The second-order valence-corrected chi connectivity index (χ2v) is 5.82. The number of hydrogen-bond acceptors (Lipinski definition) is 5. The number of rotatable bonds is 5. The third-order valence-electron chi connectivity index (χ3n) is 4.05. The third kappa shape index (κ3) is 4.11. The lowest BCUT2D eigenvalue weighted by Gasteiger charge is -2.23. The zero-order valence-corrected chi connectivity index (χ0v) is 13.7. The van der Waals surface area contributed by atoms with Crippen molar-refractivity contribution in [1.29, 1.82) is 0 Å². The minimum absolute atomic E-state index is 0.0549. The van der Waals surface area contributed by atoms with E-state index in [4.69, 9.17) is 0 Å². The van der Waals surface area contributed by atoms with Crippen molar-refractivity contribution < 1.29 is 18.3 Å². The highest BCUT2D eigenvalue weighted by Gasteiger charge is 2.21. The van der Waals surface area contributed by atoms with Crippen molar-refractivity contribution in [1.82, 2.24) is 25.6 Å². The van der Waals surface area contributed by atoms with Gasteiger partial charge in [0.15, 0.2) is 5.69 Å². The summed E-state index contributed by atoms with van der Waals surface area (Å²) in [6, 6.07) is 6.06. The summed E-state index contributed by atoms with van der Waals surface area (Å²) >= 11 is 0. The van der Waals surface area contributed by atoms with E-state index < -0.39 is 6.61 Å². The van der Waals surface area contributed by atoms with Crippen LogP contribution in [0.4, 0.5) is 8.78 Å². The zero-order chi connectivity index (χ0) is 17.8. The predicted molar refractivity (Wildman–Crippen MR) is 86.1 cm³/mol. The Labute approximate surface area is 143 Å². The molecule has 2 aromatic rings. The summed E-state index contributed by atoms with van der Waals surface area (Å²) in [6.45, 7) is 0.568. The van der Waals surface area contributed by atoms with E-state index in [1.54, 1.807) is 19.1 Å². The molecule has 1 amide bonds. The molecule has 7 nitrogen and oxygen atoms in total. The number of carbonyl (C=O) groups is 1. The van der Waals surface area contributed by atoms with E-state index in [2.05, 4.69) is 25.7 Å². The van der Waals surface area contributed by atoms with Gasteiger partial charge in [-0.25, -0.2) is 4.68 Å². The van der Waals surface area contributed by atoms with Gasteiger partial charge in [-0.15, -0.1) is 5.10 Å². The minimum Gasteiger partial charge on any atom is -0.435 e. The van der Waals surface area contributed by atoms with Crippen molar-refractivity contribution in [2.45, 2.75) is 32.4 Å². The van der Waals surface area contributed by atoms with Crippen molar-refractivity contribution >= 4 is 5.91 Å². The molecule has 1 aromatic heterocycles. The number of carbonyl (C=O) groups excluding carboxylic acids is 1. The average Bonchev–Trinajstić information content (AvgIpc) is 2.98. The standard InChI is InChI=1S/C16H19F2N5O2/c1-10-14(15(24)20-11-3-2-8-19-9-11)21-22-23(10)12-4-6-13(7-5-12)25-16(17)18/h4-7,11,16,19H,2-3,8-9H2,1H3,(H,20,24). The van der Waals surface area contributed by atoms with E-state index in [9.17, 15) is 13.6 Å². The van der Waals surface area contributed by atoms with Gasteiger partial charge in [-0.05, 0) is 50.6 Å². The van der Waals surface area contributed by atoms with Gasteiger partial charge in [0, 0.05) is 12.6 Å². The minimum atomic E-state index is -2.87. The van der Waals surface area contributed by atoms with Gasteiger partial charge < -0.3 is 15.4 Å². The van der Waals surface area contributed by atoms with Crippen LogP contribution in [0.25, 0.3) is 5.69 Å². The van der Waals surface area contributed by atoms with Crippen LogP contribution in [0.15, 0.2) is 24.3 Å². The molecule has 1 unspecified atom stereocenters. The number of alkyl halides is 2. The number of benzene rings is 1. The number of halogens is 2. The summed E-state index contributed by atoms with van der Waals surface area (Å²) in [5, 5.41) is 14.1. The van der Waals surface area contributed by atoms with Gasteiger partial charge in [0.05, 0.1) is 11.4 Å². The second-order valence-electron chi connectivity index (χ2n) is 5.82. The van der Waals surface area contributed by atoms with Crippen molar-refractivity contribution in [3.8, 4) is 11.4 Å². The van der Waals surface area contributed by atoms with E-state index in [0.29, 0.717) is 11.4 Å². The number of ether oxygens (including phenoxy) is 1. The molecule has 1 aromatic carbocycles. The SMILES string of the molecule is Cc1c(C(=O)NC2CCCNC2)nnn1-c1ccc(OC(F)F)cc1. The Kier molecular flexibility index (Phi) is 5.22. The third-order valence-corrected chi connectivity index (χ3v) is 4.05. The molecule has 2 N–H and O–H groups in total. The first-order chi connectivity index (χ1) is 12.0. The fourth-order valence-corrected chi connectivity index (χ4v) is 2.78. The molecule has 9 heteroatoms. The normalized spacial score (nSPS) is 17.5. The molecule has 0 bridgehead atoms. The van der Waals surface area contributed by atoms with Crippen LogP contribution in [0.1, 0.15) is 29.0 Å². The molecule has 1 aliphatic heterocycles. The molecular formula is C16H19F2N5O2. The number of nitrogens with one attached hydrogen (secondary N) is 2. The van der Waals surface area contributed by atoms with Crippen molar-refractivity contribution in [3.63, 3.8) is 0 Å². The molecular weight excluding hydrogens is 332 g/mol. The molecule has 0 spiro atoms. The molecule has 1 atom stereocenters. The van der Waals surface area contributed by atoms with Gasteiger partial charge in [0.2, 0.25) is 0 Å². The molecule has 0 radical (unpaired) electrons. The first-order valence-electron chi connectivity index (χ1n) is 8.03. The monoisotopic (exact) mass is 351 g/mol. The van der Waals surface area contributed by atoms with E-state index in [1.165, 1.54) is 16.8 Å². The van der Waals surface area contributed by atoms with Crippen LogP contribution in [0.3, 0.4) is 0 Å². The average molecular weight is 351 g/mol. The highest BCUT2D eigenvalue weighted by Crippen LogP contribution is 2.18. The van der Waals surface area contributed by atoms with E-state index in [0.717, 1.165) is 25.9 Å². The maximum atomic E-state index is 12.4. The lowest BCUT2D eigenvalue weighted by Crippen LogP contribution is -2.45. The Morgan fingerprint density at radius 2 is 2.16 bits per heavy atom. The lowest BCUT2D eigenvalue weighted by atomic mass is 10.1. The first kappa shape index (κ1) is 17.3. The van der Waals surface area contributed by atoms with E-state index in [-0.39, 0.29) is 23.4 Å². The zero-order valence-electron chi connectivity index (χ0n) is 13.7. The molecule has 134 valence electrons. The fourth-order valence-electron chi connectivity index (χ4n) is 2.78. The molecule has 25 heavy (non-hydrogen) atoms. The summed E-state index contributed by atoms with van der Waals surface area (Å²) in [4.78, 5) is 12.4. The van der Waals surface area contributed by atoms with Crippen LogP contribution in [-0.2, 0) is 0 Å². The summed E-state index contributed by atoms with van der Waals surface area (Å²) < 4.78 is 30.2. The summed E-state index contributed by atoms with van der Waals surface area (Å²) in [7, 11) is 0. The number of hydrogen-bond donors (Lipinski definition) is 2. The Morgan fingerprint density at radius 3 is 2.80 bits per heavy atom. The molecule has 2 heterocycles. The van der Waals surface area contributed by atoms with Gasteiger partial charge >= 0.3 is 6.61 Å². The molecule has 1 saturated heterocycles. The number of aromatic nitrogens is 3. The maximum absolute atomic E-state index is 12.4. The Balaban J connectivity index is 1.72. The van der Waals surface area contributed by atoms with Crippen LogP contribution in [0.5, 0.6) is 5.75 Å². The van der Waals surface area contributed by atoms with Gasteiger partial charge in [0.1, 0.15) is 5.75 Å². The van der Waals surface area contributed by atoms with Crippen LogP contribution in [-0.4, -0.2) is 46.6 Å². The fraction of sp³-hybridized carbons (Fsp3) is 0.438. The Bertz CT molecular complexity index is 727. The van der Waals surface area contributed by atoms with Crippen molar-refractivity contribution in [3.05, 3.63) is 35.7 Å². The second kappa shape index (κ2) is 7.56. The predicted octanol–water partition coefficient (Wildman–Crippen LogP) is 1.66. The van der Waals surface area contributed by atoms with Gasteiger partial charge in [-0.1, -0.05) is 5.21 Å².